The molecule has 0 aliphatic carbocycles. The van der Waals surface area contributed by atoms with Crippen molar-refractivity contribution < 1.29 is 14.3 Å². The zero-order valence-electron chi connectivity index (χ0n) is 19.7. The SMILES string of the molecule is CCc1ccc(C(=O)N(CC(=O)N(Cc2ccccc2)Cc2cccs2)CC2CCCO2)cc1. The molecule has 1 unspecified atom stereocenters. The normalized spacial score (nSPS) is 15.3. The Hall–Kier alpha value is -2.96. The average Bonchev–Trinajstić information content (AvgIpc) is 3.58. The lowest BCUT2D eigenvalue weighted by atomic mass is 10.1. The molecule has 2 heterocycles. The Morgan fingerprint density at radius 1 is 0.941 bits per heavy atom. The third-order valence-electron chi connectivity index (χ3n) is 6.17. The van der Waals surface area contributed by atoms with Crippen LogP contribution in [0.3, 0.4) is 0 Å². The summed E-state index contributed by atoms with van der Waals surface area (Å²) in [6, 6.07) is 21.7. The third-order valence-corrected chi connectivity index (χ3v) is 7.03. The van der Waals surface area contributed by atoms with Crippen molar-refractivity contribution in [3.63, 3.8) is 0 Å². The maximum Gasteiger partial charge on any atom is 0.254 e. The number of nitrogens with zero attached hydrogens (tertiary/aromatic N) is 2. The standard InChI is InChI=1S/C28H32N2O3S/c1-2-22-12-14-24(15-13-22)28(32)30(19-25-10-6-16-33-25)21-27(31)29(20-26-11-7-17-34-26)18-23-8-4-3-5-9-23/h3-5,7-9,11-15,17,25H,2,6,10,16,18-21H2,1H3. The predicted molar refractivity (Wildman–Crippen MR) is 136 cm³/mol. The molecule has 1 aromatic heterocycles. The molecular formula is C28H32N2O3S. The molecular weight excluding hydrogens is 444 g/mol. The molecule has 2 amide bonds. The van der Waals surface area contributed by atoms with Gasteiger partial charge in [0.25, 0.3) is 5.91 Å². The van der Waals surface area contributed by atoms with Crippen LogP contribution in [-0.2, 0) is 29.0 Å². The summed E-state index contributed by atoms with van der Waals surface area (Å²) in [5.74, 6) is -0.184. The smallest absolute Gasteiger partial charge is 0.254 e. The lowest BCUT2D eigenvalue weighted by Crippen LogP contribution is -2.45. The highest BCUT2D eigenvalue weighted by atomic mass is 32.1. The molecule has 4 rings (SSSR count). The summed E-state index contributed by atoms with van der Waals surface area (Å²) in [6.45, 7) is 4.30. The number of thiophene rings is 1. The molecule has 0 bridgehead atoms. The van der Waals surface area contributed by atoms with Crippen LogP contribution in [0.25, 0.3) is 0 Å². The summed E-state index contributed by atoms with van der Waals surface area (Å²) in [5.41, 5.74) is 2.86. The summed E-state index contributed by atoms with van der Waals surface area (Å²) in [7, 11) is 0. The molecule has 1 saturated heterocycles. The Balaban J connectivity index is 1.53. The van der Waals surface area contributed by atoms with E-state index in [-0.39, 0.29) is 24.5 Å². The van der Waals surface area contributed by atoms with Crippen molar-refractivity contribution in [3.05, 3.63) is 93.7 Å². The highest BCUT2D eigenvalue weighted by Crippen LogP contribution is 2.18. The monoisotopic (exact) mass is 476 g/mol. The van der Waals surface area contributed by atoms with Gasteiger partial charge in [0, 0.05) is 30.1 Å². The Kier molecular flexibility index (Phi) is 8.50. The molecule has 1 atom stereocenters. The van der Waals surface area contributed by atoms with E-state index in [1.54, 1.807) is 16.2 Å². The Morgan fingerprint density at radius 2 is 1.74 bits per heavy atom. The number of rotatable bonds is 10. The maximum atomic E-state index is 13.6. The minimum atomic E-state index is -0.123. The van der Waals surface area contributed by atoms with Crippen molar-refractivity contribution in [1.82, 2.24) is 9.80 Å². The fourth-order valence-electron chi connectivity index (χ4n) is 4.21. The van der Waals surface area contributed by atoms with Crippen molar-refractivity contribution in [2.24, 2.45) is 0 Å². The average molecular weight is 477 g/mol. The number of hydrogen-bond acceptors (Lipinski definition) is 4. The number of hydrogen-bond donors (Lipinski definition) is 0. The first-order valence-electron chi connectivity index (χ1n) is 12.0. The second-order valence-corrected chi connectivity index (χ2v) is 9.72. The van der Waals surface area contributed by atoms with E-state index < -0.39 is 0 Å². The number of ether oxygens (including phenoxy) is 1. The molecule has 34 heavy (non-hydrogen) atoms. The van der Waals surface area contributed by atoms with Crippen molar-refractivity contribution in [2.75, 3.05) is 19.7 Å². The molecule has 1 aliphatic rings. The minimum Gasteiger partial charge on any atom is -0.376 e. The van der Waals surface area contributed by atoms with Gasteiger partial charge in [0.05, 0.1) is 12.6 Å². The number of benzene rings is 2. The second kappa shape index (κ2) is 12.0. The van der Waals surface area contributed by atoms with E-state index >= 15 is 0 Å². The van der Waals surface area contributed by atoms with Crippen LogP contribution in [0.2, 0.25) is 0 Å². The summed E-state index contributed by atoms with van der Waals surface area (Å²) in [4.78, 5) is 31.7. The van der Waals surface area contributed by atoms with Gasteiger partial charge in [0.15, 0.2) is 0 Å². The van der Waals surface area contributed by atoms with Crippen LogP contribution in [0, 0.1) is 0 Å². The molecule has 0 spiro atoms. The first-order valence-corrected chi connectivity index (χ1v) is 12.8. The van der Waals surface area contributed by atoms with Crippen LogP contribution in [0.15, 0.2) is 72.1 Å². The molecule has 178 valence electrons. The van der Waals surface area contributed by atoms with Crippen LogP contribution in [0.1, 0.15) is 46.1 Å². The minimum absolute atomic E-state index is 0.0217. The lowest BCUT2D eigenvalue weighted by molar-refractivity contribution is -0.133. The van der Waals surface area contributed by atoms with Gasteiger partial charge in [-0.2, -0.15) is 0 Å². The maximum absolute atomic E-state index is 13.6. The van der Waals surface area contributed by atoms with E-state index in [0.717, 1.165) is 29.7 Å². The predicted octanol–water partition coefficient (Wildman–Crippen LogP) is 5.16. The molecule has 0 radical (unpaired) electrons. The Labute approximate surface area is 206 Å². The largest absolute Gasteiger partial charge is 0.376 e. The molecule has 1 aliphatic heterocycles. The fraction of sp³-hybridized carbons (Fsp3) is 0.357. The number of carbonyl (C=O) groups excluding carboxylic acids is 2. The Morgan fingerprint density at radius 3 is 2.38 bits per heavy atom. The Bertz CT molecular complexity index is 1050. The van der Waals surface area contributed by atoms with Gasteiger partial charge in [-0.3, -0.25) is 9.59 Å². The van der Waals surface area contributed by atoms with E-state index in [0.29, 0.717) is 31.8 Å². The van der Waals surface area contributed by atoms with Gasteiger partial charge >= 0.3 is 0 Å². The zero-order valence-corrected chi connectivity index (χ0v) is 20.5. The van der Waals surface area contributed by atoms with Crippen LogP contribution in [-0.4, -0.2) is 47.4 Å². The number of carbonyl (C=O) groups is 2. The summed E-state index contributed by atoms with van der Waals surface area (Å²) in [6.07, 6.45) is 2.80. The second-order valence-electron chi connectivity index (χ2n) is 8.69. The quantitative estimate of drug-likeness (QED) is 0.406. The van der Waals surface area contributed by atoms with Crippen LogP contribution in [0.4, 0.5) is 0 Å². The third kappa shape index (κ3) is 6.55. The molecule has 0 N–H and O–H groups in total. The van der Waals surface area contributed by atoms with Gasteiger partial charge in [0.2, 0.25) is 5.91 Å². The summed E-state index contributed by atoms with van der Waals surface area (Å²) in [5, 5.41) is 2.02. The highest BCUT2D eigenvalue weighted by molar-refractivity contribution is 7.09. The number of amides is 2. The molecule has 1 fully saturated rings. The molecule has 5 nitrogen and oxygen atoms in total. The molecule has 6 heteroatoms. The van der Waals surface area contributed by atoms with Crippen molar-refractivity contribution in [1.29, 1.82) is 0 Å². The number of aryl methyl sites for hydroxylation is 1. The first kappa shape index (κ1) is 24.2. The van der Waals surface area contributed by atoms with E-state index in [2.05, 4.69) is 6.92 Å². The van der Waals surface area contributed by atoms with Crippen molar-refractivity contribution >= 4 is 23.2 Å². The van der Waals surface area contributed by atoms with Crippen molar-refractivity contribution in [2.45, 2.75) is 45.4 Å². The van der Waals surface area contributed by atoms with Gasteiger partial charge in [-0.15, -0.1) is 11.3 Å². The van der Waals surface area contributed by atoms with Crippen LogP contribution in [0.5, 0.6) is 0 Å². The zero-order chi connectivity index (χ0) is 23.8. The van der Waals surface area contributed by atoms with Gasteiger partial charge in [-0.25, -0.2) is 0 Å². The summed E-state index contributed by atoms with van der Waals surface area (Å²) >= 11 is 1.64. The van der Waals surface area contributed by atoms with Gasteiger partial charge in [-0.05, 0) is 54.0 Å². The van der Waals surface area contributed by atoms with Gasteiger partial charge < -0.3 is 14.5 Å². The van der Waals surface area contributed by atoms with E-state index in [9.17, 15) is 9.59 Å². The molecule has 3 aromatic rings. The topological polar surface area (TPSA) is 49.9 Å². The van der Waals surface area contributed by atoms with Gasteiger partial charge in [0.1, 0.15) is 6.54 Å². The summed E-state index contributed by atoms with van der Waals surface area (Å²) < 4.78 is 5.81. The first-order chi connectivity index (χ1) is 16.6. The van der Waals surface area contributed by atoms with Crippen molar-refractivity contribution in [3.8, 4) is 0 Å². The van der Waals surface area contributed by atoms with E-state index in [1.807, 2.05) is 77.0 Å². The van der Waals surface area contributed by atoms with E-state index in [4.69, 9.17) is 4.74 Å². The molecule has 2 aromatic carbocycles. The fourth-order valence-corrected chi connectivity index (χ4v) is 4.93. The van der Waals surface area contributed by atoms with E-state index in [1.165, 1.54) is 5.56 Å². The molecule has 0 saturated carbocycles. The van der Waals surface area contributed by atoms with Gasteiger partial charge in [-0.1, -0.05) is 55.5 Å². The van der Waals surface area contributed by atoms with Crippen LogP contribution >= 0.6 is 11.3 Å². The van der Waals surface area contributed by atoms with Crippen LogP contribution < -0.4 is 0 Å². The lowest BCUT2D eigenvalue weighted by Gasteiger charge is -2.29. The highest BCUT2D eigenvalue weighted by Gasteiger charge is 2.27.